The molecule has 0 saturated carbocycles. The summed E-state index contributed by atoms with van der Waals surface area (Å²) in [7, 11) is 0. The van der Waals surface area contributed by atoms with E-state index in [4.69, 9.17) is 4.42 Å². The maximum atomic E-state index is 12.2. The van der Waals surface area contributed by atoms with Gasteiger partial charge in [0.15, 0.2) is 10.9 Å². The number of carbonyl (C=O) groups excluding carboxylic acids is 2. The van der Waals surface area contributed by atoms with Gasteiger partial charge in [0.25, 0.3) is 5.91 Å². The zero-order valence-corrected chi connectivity index (χ0v) is 16.1. The third kappa shape index (κ3) is 4.77. The van der Waals surface area contributed by atoms with Crippen LogP contribution in [0.2, 0.25) is 0 Å². The van der Waals surface area contributed by atoms with E-state index in [1.165, 1.54) is 17.6 Å². The van der Waals surface area contributed by atoms with Crippen LogP contribution in [-0.4, -0.2) is 26.6 Å². The van der Waals surface area contributed by atoms with Gasteiger partial charge in [0.05, 0.1) is 30.3 Å². The molecule has 9 heteroatoms. The number of thiazole rings is 1. The van der Waals surface area contributed by atoms with Crippen LogP contribution in [0, 0.1) is 0 Å². The fourth-order valence-corrected chi connectivity index (χ4v) is 3.32. The molecule has 3 heterocycles. The van der Waals surface area contributed by atoms with E-state index >= 15 is 0 Å². The predicted molar refractivity (Wildman–Crippen MR) is 108 cm³/mol. The van der Waals surface area contributed by atoms with Gasteiger partial charge < -0.3 is 9.73 Å². The fourth-order valence-electron chi connectivity index (χ4n) is 2.61. The van der Waals surface area contributed by atoms with E-state index in [0.717, 1.165) is 11.3 Å². The third-order valence-corrected chi connectivity index (χ3v) is 4.81. The first-order valence-electron chi connectivity index (χ1n) is 8.82. The second kappa shape index (κ2) is 8.53. The first-order valence-corrected chi connectivity index (χ1v) is 9.70. The molecule has 0 aliphatic carbocycles. The van der Waals surface area contributed by atoms with Gasteiger partial charge in [-0.15, -0.1) is 11.3 Å². The summed E-state index contributed by atoms with van der Waals surface area (Å²) >= 11 is 1.25. The molecule has 0 spiro atoms. The van der Waals surface area contributed by atoms with Gasteiger partial charge in [-0.3, -0.25) is 14.9 Å². The van der Waals surface area contributed by atoms with Gasteiger partial charge in [-0.1, -0.05) is 18.2 Å². The highest BCUT2D eigenvalue weighted by molar-refractivity contribution is 7.14. The van der Waals surface area contributed by atoms with E-state index in [9.17, 15) is 9.59 Å². The zero-order chi connectivity index (χ0) is 20.1. The maximum absolute atomic E-state index is 12.2. The molecule has 2 amide bonds. The second-order valence-corrected chi connectivity index (χ2v) is 7.02. The van der Waals surface area contributed by atoms with Crippen molar-refractivity contribution in [1.29, 1.82) is 0 Å². The highest BCUT2D eigenvalue weighted by atomic mass is 32.1. The van der Waals surface area contributed by atoms with Gasteiger partial charge in [-0.05, 0) is 24.3 Å². The third-order valence-electron chi connectivity index (χ3n) is 4.01. The van der Waals surface area contributed by atoms with E-state index < -0.39 is 0 Å². The van der Waals surface area contributed by atoms with Crippen molar-refractivity contribution >= 4 is 28.3 Å². The Morgan fingerprint density at radius 1 is 1.14 bits per heavy atom. The number of aromatic nitrogens is 3. The number of para-hydroxylation sites is 1. The Balaban J connectivity index is 1.28. The van der Waals surface area contributed by atoms with Crippen LogP contribution in [0.1, 0.15) is 21.8 Å². The lowest BCUT2D eigenvalue weighted by molar-refractivity contribution is -0.120. The number of benzene rings is 1. The molecule has 8 nitrogen and oxygen atoms in total. The van der Waals surface area contributed by atoms with E-state index in [0.29, 0.717) is 17.4 Å². The summed E-state index contributed by atoms with van der Waals surface area (Å²) in [6, 6.07) is 12.9. The van der Waals surface area contributed by atoms with Crippen molar-refractivity contribution in [3.8, 4) is 5.69 Å². The lowest BCUT2D eigenvalue weighted by Crippen LogP contribution is -2.24. The topological polar surface area (TPSA) is 102 Å². The van der Waals surface area contributed by atoms with Crippen molar-refractivity contribution in [3.05, 3.63) is 83.5 Å². The van der Waals surface area contributed by atoms with Crippen molar-refractivity contribution in [2.24, 2.45) is 0 Å². The molecular formula is C20H17N5O3S. The van der Waals surface area contributed by atoms with E-state index in [2.05, 4.69) is 20.7 Å². The Morgan fingerprint density at radius 3 is 2.79 bits per heavy atom. The number of amides is 2. The highest BCUT2D eigenvalue weighted by Gasteiger charge is 2.13. The second-order valence-electron chi connectivity index (χ2n) is 6.16. The maximum Gasteiger partial charge on any atom is 0.293 e. The molecule has 4 aromatic rings. The smallest absolute Gasteiger partial charge is 0.293 e. The van der Waals surface area contributed by atoms with Gasteiger partial charge in [0.1, 0.15) is 0 Å². The molecule has 0 radical (unpaired) electrons. The lowest BCUT2D eigenvalue weighted by atomic mass is 10.3. The monoisotopic (exact) mass is 407 g/mol. The first-order chi connectivity index (χ1) is 14.2. The number of nitrogens with one attached hydrogen (secondary N) is 2. The van der Waals surface area contributed by atoms with Crippen LogP contribution < -0.4 is 10.6 Å². The summed E-state index contributed by atoms with van der Waals surface area (Å²) < 4.78 is 6.80. The molecule has 0 saturated heterocycles. The Bertz CT molecular complexity index is 1100. The standard InChI is InChI=1S/C20H17N5O3S/c26-18(21-10-14-11-22-25(12-14)16-5-2-1-3-6-16)9-15-13-29-20(23-15)24-19(27)17-7-4-8-28-17/h1-8,11-13H,9-10H2,(H,21,26)(H,23,24,27). The minimum absolute atomic E-state index is 0.125. The average Bonchev–Trinajstić information content (AvgIpc) is 3.49. The minimum atomic E-state index is -0.379. The largest absolute Gasteiger partial charge is 0.459 e. The van der Waals surface area contributed by atoms with Gasteiger partial charge in [-0.25, -0.2) is 9.67 Å². The van der Waals surface area contributed by atoms with Gasteiger partial charge in [0.2, 0.25) is 5.91 Å². The SMILES string of the molecule is O=C(Cc1csc(NC(=O)c2ccco2)n1)NCc1cnn(-c2ccccc2)c1. The van der Waals surface area contributed by atoms with Crippen molar-refractivity contribution in [2.75, 3.05) is 5.32 Å². The van der Waals surface area contributed by atoms with Crippen molar-refractivity contribution < 1.29 is 14.0 Å². The Kier molecular flexibility index (Phi) is 5.48. The van der Waals surface area contributed by atoms with E-state index in [1.807, 2.05) is 36.5 Å². The molecule has 146 valence electrons. The summed E-state index contributed by atoms with van der Waals surface area (Å²) in [6.07, 6.45) is 5.15. The van der Waals surface area contributed by atoms with E-state index in [1.54, 1.807) is 28.4 Å². The molecule has 3 aromatic heterocycles. The molecule has 29 heavy (non-hydrogen) atoms. The van der Waals surface area contributed by atoms with Gasteiger partial charge in [0, 0.05) is 23.7 Å². The van der Waals surface area contributed by atoms with Crippen molar-refractivity contribution in [3.63, 3.8) is 0 Å². The molecular weight excluding hydrogens is 390 g/mol. The Morgan fingerprint density at radius 2 is 2.00 bits per heavy atom. The highest BCUT2D eigenvalue weighted by Crippen LogP contribution is 2.17. The quantitative estimate of drug-likeness (QED) is 0.490. The van der Waals surface area contributed by atoms with Gasteiger partial charge >= 0.3 is 0 Å². The van der Waals surface area contributed by atoms with Crippen LogP contribution >= 0.6 is 11.3 Å². The fraction of sp³-hybridized carbons (Fsp3) is 0.100. The zero-order valence-electron chi connectivity index (χ0n) is 15.2. The summed E-state index contributed by atoms with van der Waals surface area (Å²) in [5.41, 5.74) is 2.44. The van der Waals surface area contributed by atoms with Crippen LogP contribution in [0.3, 0.4) is 0 Å². The van der Waals surface area contributed by atoms with Crippen LogP contribution in [0.4, 0.5) is 5.13 Å². The molecule has 0 unspecified atom stereocenters. The molecule has 0 aliphatic heterocycles. The normalized spacial score (nSPS) is 10.6. The minimum Gasteiger partial charge on any atom is -0.459 e. The summed E-state index contributed by atoms with van der Waals surface area (Å²) in [4.78, 5) is 28.4. The van der Waals surface area contributed by atoms with Crippen LogP contribution in [0.25, 0.3) is 5.69 Å². The molecule has 0 bridgehead atoms. The molecule has 0 fully saturated rings. The van der Waals surface area contributed by atoms with Crippen LogP contribution in [0.5, 0.6) is 0 Å². The molecule has 1 aromatic carbocycles. The molecule has 0 atom stereocenters. The van der Waals surface area contributed by atoms with Crippen molar-refractivity contribution in [2.45, 2.75) is 13.0 Å². The van der Waals surface area contributed by atoms with Crippen LogP contribution in [0.15, 0.2) is 70.9 Å². The Labute approximate surface area is 170 Å². The number of carbonyl (C=O) groups is 2. The molecule has 2 N–H and O–H groups in total. The average molecular weight is 407 g/mol. The van der Waals surface area contributed by atoms with Gasteiger partial charge in [-0.2, -0.15) is 5.10 Å². The number of furan rings is 1. The number of anilines is 1. The predicted octanol–water partition coefficient (Wildman–Crippen LogP) is 3.03. The van der Waals surface area contributed by atoms with Crippen molar-refractivity contribution in [1.82, 2.24) is 20.1 Å². The number of rotatable bonds is 7. The summed E-state index contributed by atoms with van der Waals surface area (Å²) in [5, 5.41) is 12.0. The lowest BCUT2D eigenvalue weighted by Gasteiger charge is -2.02. The number of nitrogens with zero attached hydrogens (tertiary/aromatic N) is 3. The summed E-state index contributed by atoms with van der Waals surface area (Å²) in [6.45, 7) is 0.373. The number of hydrogen-bond donors (Lipinski definition) is 2. The molecule has 0 aliphatic rings. The van der Waals surface area contributed by atoms with E-state index in [-0.39, 0.29) is 24.0 Å². The Hall–Kier alpha value is -3.72. The number of hydrogen-bond acceptors (Lipinski definition) is 6. The molecule has 4 rings (SSSR count). The summed E-state index contributed by atoms with van der Waals surface area (Å²) in [5.74, 6) is -0.335. The van der Waals surface area contributed by atoms with Crippen LogP contribution in [-0.2, 0) is 17.8 Å². The first kappa shape index (κ1) is 18.6.